The Bertz CT molecular complexity index is 1440. The van der Waals surface area contributed by atoms with E-state index in [9.17, 15) is 9.59 Å². The molecule has 0 bridgehead atoms. The Labute approximate surface area is 202 Å². The summed E-state index contributed by atoms with van der Waals surface area (Å²) in [6.07, 6.45) is 3.83. The van der Waals surface area contributed by atoms with Gasteiger partial charge >= 0.3 is 0 Å². The van der Waals surface area contributed by atoms with E-state index in [0.29, 0.717) is 22.7 Å². The number of hydrogen-bond acceptors (Lipinski definition) is 5. The van der Waals surface area contributed by atoms with E-state index < -0.39 is 5.91 Å². The first-order chi connectivity index (χ1) is 17.0. The van der Waals surface area contributed by atoms with Crippen LogP contribution in [0.3, 0.4) is 0 Å². The van der Waals surface area contributed by atoms with Crippen LogP contribution in [0.2, 0.25) is 0 Å². The number of primary amides is 1. The fourth-order valence-corrected chi connectivity index (χ4v) is 4.00. The average molecular weight is 466 g/mol. The van der Waals surface area contributed by atoms with Gasteiger partial charge in [0.25, 0.3) is 5.91 Å². The molecule has 0 atom stereocenters. The van der Waals surface area contributed by atoms with Gasteiger partial charge in [-0.25, -0.2) is 4.68 Å². The van der Waals surface area contributed by atoms with Crippen LogP contribution in [-0.2, 0) is 11.2 Å². The normalized spacial score (nSPS) is 12.4. The van der Waals surface area contributed by atoms with Crippen molar-refractivity contribution in [3.63, 3.8) is 0 Å². The summed E-state index contributed by atoms with van der Waals surface area (Å²) in [5.41, 5.74) is 9.27. The maximum atomic E-state index is 12.7. The molecule has 1 aliphatic rings. The number of para-hydroxylation sites is 1. The highest BCUT2D eigenvalue weighted by Crippen LogP contribution is 2.35. The summed E-state index contributed by atoms with van der Waals surface area (Å²) in [7, 11) is 0. The smallest absolute Gasteiger partial charge is 0.254 e. The molecule has 0 saturated carbocycles. The van der Waals surface area contributed by atoms with Crippen molar-refractivity contribution in [3.05, 3.63) is 96.2 Å². The first kappa shape index (κ1) is 22.0. The summed E-state index contributed by atoms with van der Waals surface area (Å²) >= 11 is 0. The van der Waals surface area contributed by atoms with Gasteiger partial charge in [0.15, 0.2) is 0 Å². The number of nitrogens with one attached hydrogen (secondary N) is 2. The number of carbonyl (C=O) groups excluding carboxylic acids is 2. The van der Waals surface area contributed by atoms with Crippen LogP contribution in [0.25, 0.3) is 16.9 Å². The highest BCUT2D eigenvalue weighted by molar-refractivity contribution is 6.08. The Kier molecular flexibility index (Phi) is 5.76. The number of nitrogens with zero attached hydrogens (tertiary/aromatic N) is 2. The number of rotatable bonds is 6. The third-order valence-electron chi connectivity index (χ3n) is 5.57. The summed E-state index contributed by atoms with van der Waals surface area (Å²) in [4.78, 5) is 25.2. The van der Waals surface area contributed by atoms with Crippen LogP contribution in [0, 0.1) is 0 Å². The van der Waals surface area contributed by atoms with Crippen LogP contribution in [0.4, 0.5) is 11.5 Å². The highest BCUT2D eigenvalue weighted by atomic mass is 16.5. The molecule has 0 radical (unpaired) electrons. The van der Waals surface area contributed by atoms with Gasteiger partial charge in [-0.05, 0) is 73.3 Å². The van der Waals surface area contributed by atoms with E-state index in [1.165, 1.54) is 0 Å². The SMILES string of the molecule is CC=CNc1ccc2c(c1)CC(=O)Nc1c(C(N)=O)c(-c3ccc(Oc4ccccc4)cc3)nn1-2. The molecule has 174 valence electrons. The molecule has 2 heterocycles. The minimum Gasteiger partial charge on any atom is -0.457 e. The molecule has 5 rings (SSSR count). The van der Waals surface area contributed by atoms with Gasteiger partial charge in [0.05, 0.1) is 12.1 Å². The molecule has 3 aromatic carbocycles. The van der Waals surface area contributed by atoms with Crippen LogP contribution >= 0.6 is 0 Å². The molecule has 0 spiro atoms. The second kappa shape index (κ2) is 9.18. The Morgan fingerprint density at radius 3 is 2.54 bits per heavy atom. The highest BCUT2D eigenvalue weighted by Gasteiger charge is 2.29. The summed E-state index contributed by atoms with van der Waals surface area (Å²) in [6, 6.07) is 22.3. The predicted molar refractivity (Wildman–Crippen MR) is 135 cm³/mol. The topological polar surface area (TPSA) is 111 Å². The number of ether oxygens (including phenoxy) is 1. The van der Waals surface area contributed by atoms with Crippen LogP contribution in [-0.4, -0.2) is 21.6 Å². The quantitative estimate of drug-likeness (QED) is 0.376. The monoisotopic (exact) mass is 465 g/mol. The molecule has 4 aromatic rings. The lowest BCUT2D eigenvalue weighted by Gasteiger charge is -2.09. The number of nitrogens with two attached hydrogens (primary N) is 1. The van der Waals surface area contributed by atoms with E-state index in [2.05, 4.69) is 10.6 Å². The Balaban J connectivity index is 1.57. The third kappa shape index (κ3) is 4.37. The minimum absolute atomic E-state index is 0.142. The van der Waals surface area contributed by atoms with Gasteiger partial charge < -0.3 is 21.1 Å². The van der Waals surface area contributed by atoms with Crippen molar-refractivity contribution in [1.29, 1.82) is 0 Å². The second-order valence-electron chi connectivity index (χ2n) is 8.00. The number of anilines is 2. The number of allylic oxidation sites excluding steroid dienone is 1. The second-order valence-corrected chi connectivity index (χ2v) is 8.00. The van der Waals surface area contributed by atoms with Gasteiger partial charge in [-0.15, -0.1) is 0 Å². The van der Waals surface area contributed by atoms with E-state index in [4.69, 9.17) is 15.6 Å². The summed E-state index contributed by atoms with van der Waals surface area (Å²) in [6.45, 7) is 1.91. The maximum Gasteiger partial charge on any atom is 0.254 e. The van der Waals surface area contributed by atoms with Gasteiger partial charge in [0.1, 0.15) is 28.6 Å². The lowest BCUT2D eigenvalue weighted by atomic mass is 10.1. The zero-order valence-electron chi connectivity index (χ0n) is 19.0. The van der Waals surface area contributed by atoms with E-state index in [0.717, 1.165) is 17.0 Å². The van der Waals surface area contributed by atoms with Crippen LogP contribution in [0.5, 0.6) is 11.5 Å². The number of aromatic nitrogens is 2. The molecule has 8 heteroatoms. The molecule has 8 nitrogen and oxygen atoms in total. The number of carbonyl (C=O) groups is 2. The molecule has 0 saturated heterocycles. The molecular weight excluding hydrogens is 442 g/mol. The largest absolute Gasteiger partial charge is 0.457 e. The Morgan fingerprint density at radius 2 is 1.83 bits per heavy atom. The summed E-state index contributed by atoms with van der Waals surface area (Å²) in [5.74, 6) is 0.681. The van der Waals surface area contributed by atoms with Crippen LogP contribution < -0.4 is 21.1 Å². The first-order valence-electron chi connectivity index (χ1n) is 11.1. The van der Waals surface area contributed by atoms with E-state index in [1.54, 1.807) is 28.9 Å². The lowest BCUT2D eigenvalue weighted by molar-refractivity contribution is -0.115. The number of hydrogen-bond donors (Lipinski definition) is 3. The molecule has 1 aliphatic heterocycles. The molecule has 4 N–H and O–H groups in total. The summed E-state index contributed by atoms with van der Waals surface area (Å²) in [5, 5.41) is 10.7. The van der Waals surface area contributed by atoms with Crippen molar-refractivity contribution < 1.29 is 14.3 Å². The van der Waals surface area contributed by atoms with Crippen molar-refractivity contribution in [2.45, 2.75) is 13.3 Å². The number of fused-ring (bicyclic) bond motifs is 3. The molecule has 0 aliphatic carbocycles. The van der Waals surface area contributed by atoms with Gasteiger partial charge in [-0.1, -0.05) is 24.3 Å². The van der Waals surface area contributed by atoms with Crippen molar-refractivity contribution in [1.82, 2.24) is 9.78 Å². The molecule has 35 heavy (non-hydrogen) atoms. The van der Waals surface area contributed by atoms with Crippen molar-refractivity contribution in [2.24, 2.45) is 5.73 Å². The molecule has 0 fully saturated rings. The Hall–Kier alpha value is -4.85. The zero-order chi connectivity index (χ0) is 24.4. The standard InChI is InChI=1S/C27H23N5O3/c1-2-14-29-19-10-13-22-18(15-19)16-23(33)30-27-24(26(28)34)25(31-32(22)27)17-8-11-21(12-9-17)35-20-6-4-3-5-7-20/h2-15,29H,16H2,1H3,(H2,28,34)(H,30,33). The van der Waals surface area contributed by atoms with E-state index >= 15 is 0 Å². The van der Waals surface area contributed by atoms with Crippen molar-refractivity contribution in [3.8, 4) is 28.4 Å². The number of amides is 2. The van der Waals surface area contributed by atoms with Crippen molar-refractivity contribution in [2.75, 3.05) is 10.6 Å². The lowest BCUT2D eigenvalue weighted by Crippen LogP contribution is -2.18. The molecule has 0 unspecified atom stereocenters. The van der Waals surface area contributed by atoms with E-state index in [1.807, 2.05) is 67.7 Å². The van der Waals surface area contributed by atoms with Crippen molar-refractivity contribution >= 4 is 23.3 Å². The fraction of sp³-hybridized carbons (Fsp3) is 0.0741. The van der Waals surface area contributed by atoms with Crippen LogP contribution in [0.15, 0.2) is 85.1 Å². The molecule has 1 aromatic heterocycles. The third-order valence-corrected chi connectivity index (χ3v) is 5.57. The van der Waals surface area contributed by atoms with Crippen LogP contribution in [0.1, 0.15) is 22.8 Å². The molecular formula is C27H23N5O3. The van der Waals surface area contributed by atoms with Gasteiger partial charge in [-0.2, -0.15) is 5.10 Å². The first-order valence-corrected chi connectivity index (χ1v) is 11.1. The van der Waals surface area contributed by atoms with E-state index in [-0.39, 0.29) is 23.7 Å². The minimum atomic E-state index is -0.680. The van der Waals surface area contributed by atoms with Gasteiger partial charge in [0, 0.05) is 11.3 Å². The number of benzene rings is 3. The molecule has 2 amide bonds. The fourth-order valence-electron chi connectivity index (χ4n) is 4.00. The maximum absolute atomic E-state index is 12.7. The summed E-state index contributed by atoms with van der Waals surface area (Å²) < 4.78 is 7.43. The Morgan fingerprint density at radius 1 is 1.09 bits per heavy atom. The van der Waals surface area contributed by atoms with Gasteiger partial charge in [-0.3, -0.25) is 9.59 Å². The predicted octanol–water partition coefficient (Wildman–Crippen LogP) is 4.87. The van der Waals surface area contributed by atoms with Gasteiger partial charge in [0.2, 0.25) is 5.91 Å². The average Bonchev–Trinajstić information content (AvgIpc) is 3.16. The zero-order valence-corrected chi connectivity index (χ0v) is 19.0.